The lowest BCUT2D eigenvalue weighted by atomic mass is 10.2. The highest BCUT2D eigenvalue weighted by Gasteiger charge is 2.32. The maximum Gasteiger partial charge on any atom is 0.413 e. The third-order valence-electron chi connectivity index (χ3n) is 0.860. The monoisotopic (exact) mass is 176 g/mol. The van der Waals surface area contributed by atoms with E-state index in [1.54, 1.807) is 0 Å². The molecule has 0 N–H and O–H groups in total. The Morgan fingerprint density at radius 3 is 2.00 bits per heavy atom. The van der Waals surface area contributed by atoms with Gasteiger partial charge in [-0.3, -0.25) is 4.39 Å². The van der Waals surface area contributed by atoms with Crippen molar-refractivity contribution in [1.82, 2.24) is 0 Å². The maximum absolute atomic E-state index is 11.6. The Morgan fingerprint density at radius 2 is 1.90 bits per heavy atom. The Balaban J connectivity index is 4.10. The second-order valence-corrected chi connectivity index (χ2v) is 1.79. The minimum absolute atomic E-state index is 0.361. The van der Waals surface area contributed by atoms with Gasteiger partial charge in [0, 0.05) is 17.5 Å². The summed E-state index contributed by atoms with van der Waals surface area (Å²) in [4.78, 5) is 0. The molecule has 0 aromatic carbocycles. The first-order chi connectivity index (χ1) is 4.52. The highest BCUT2D eigenvalue weighted by Crippen LogP contribution is 2.28. The number of hydrogen-bond donors (Lipinski definition) is 0. The van der Waals surface area contributed by atoms with Crippen LogP contribution in [-0.2, 0) is 0 Å². The predicted octanol–water partition coefficient (Wildman–Crippen LogP) is 3.03. The number of halogens is 5. The smallest absolute Gasteiger partial charge is 0.251 e. The van der Waals surface area contributed by atoms with Gasteiger partial charge in [-0.05, 0) is 0 Å². The second-order valence-electron chi connectivity index (χ2n) is 1.57. The van der Waals surface area contributed by atoms with Gasteiger partial charge in [0.05, 0.1) is 6.67 Å². The van der Waals surface area contributed by atoms with Crippen LogP contribution in [0.1, 0.15) is 6.42 Å². The fourth-order valence-corrected chi connectivity index (χ4v) is 0.593. The minimum atomic E-state index is -4.49. The molecule has 0 aliphatic heterocycles. The standard InChI is InChI=1S/C5H5ClF4/c6-3-4(1-2-7)5(8,9)10/h3H,1-2H2. The lowest BCUT2D eigenvalue weighted by molar-refractivity contribution is -0.0942. The van der Waals surface area contributed by atoms with E-state index in [4.69, 9.17) is 11.6 Å². The topological polar surface area (TPSA) is 0 Å². The van der Waals surface area contributed by atoms with Crippen LogP contribution in [0.25, 0.3) is 0 Å². The van der Waals surface area contributed by atoms with Crippen molar-refractivity contribution in [1.29, 1.82) is 0 Å². The summed E-state index contributed by atoms with van der Waals surface area (Å²) in [5.41, 5.74) is -0.670. The van der Waals surface area contributed by atoms with E-state index in [0.717, 1.165) is 0 Å². The van der Waals surface area contributed by atoms with Gasteiger partial charge in [0.1, 0.15) is 0 Å². The number of allylic oxidation sites excluding steroid dienone is 1. The van der Waals surface area contributed by atoms with Gasteiger partial charge < -0.3 is 0 Å². The van der Waals surface area contributed by atoms with Crippen molar-refractivity contribution >= 4 is 11.6 Å². The third-order valence-corrected chi connectivity index (χ3v) is 1.12. The van der Waals surface area contributed by atoms with Crippen molar-refractivity contribution < 1.29 is 17.6 Å². The van der Waals surface area contributed by atoms with Crippen LogP contribution in [0.4, 0.5) is 17.6 Å². The highest BCUT2D eigenvalue weighted by atomic mass is 35.5. The first kappa shape index (κ1) is 9.75. The van der Waals surface area contributed by atoms with Crippen molar-refractivity contribution in [3.63, 3.8) is 0 Å². The number of alkyl halides is 4. The zero-order chi connectivity index (χ0) is 8.20. The van der Waals surface area contributed by atoms with E-state index in [0.29, 0.717) is 5.54 Å². The van der Waals surface area contributed by atoms with E-state index in [9.17, 15) is 17.6 Å². The SMILES string of the molecule is FCCC(=CCl)C(F)(F)F. The fraction of sp³-hybridized carbons (Fsp3) is 0.600. The molecule has 0 unspecified atom stereocenters. The van der Waals surface area contributed by atoms with E-state index in [1.165, 1.54) is 0 Å². The molecule has 0 atom stereocenters. The lowest BCUT2D eigenvalue weighted by Crippen LogP contribution is -2.11. The maximum atomic E-state index is 11.6. The molecule has 0 aliphatic rings. The molecule has 0 nitrogen and oxygen atoms in total. The largest absolute Gasteiger partial charge is 0.413 e. The van der Waals surface area contributed by atoms with Crippen LogP contribution in [0.2, 0.25) is 0 Å². The molecule has 0 aromatic rings. The van der Waals surface area contributed by atoms with E-state index in [1.807, 2.05) is 0 Å². The molecule has 0 radical (unpaired) electrons. The first-order valence-corrected chi connectivity index (χ1v) is 2.88. The molecular formula is C5H5ClF4. The highest BCUT2D eigenvalue weighted by molar-refractivity contribution is 6.25. The Morgan fingerprint density at radius 1 is 1.40 bits per heavy atom. The summed E-state index contributed by atoms with van der Waals surface area (Å²) >= 11 is 4.78. The Hall–Kier alpha value is -0.250. The molecule has 0 fully saturated rings. The van der Waals surface area contributed by atoms with Gasteiger partial charge in [0.2, 0.25) is 0 Å². The zero-order valence-corrected chi connectivity index (χ0v) is 5.64. The number of rotatable bonds is 2. The normalized spacial score (nSPS) is 13.9. The predicted molar refractivity (Wildman–Crippen MR) is 30.6 cm³/mol. The van der Waals surface area contributed by atoms with Crippen LogP contribution >= 0.6 is 11.6 Å². The minimum Gasteiger partial charge on any atom is -0.251 e. The van der Waals surface area contributed by atoms with Crippen LogP contribution in [-0.4, -0.2) is 12.9 Å². The molecule has 0 saturated heterocycles. The molecule has 0 rings (SSSR count). The van der Waals surface area contributed by atoms with Gasteiger partial charge >= 0.3 is 6.18 Å². The summed E-state index contributed by atoms with van der Waals surface area (Å²) in [5, 5.41) is 0. The summed E-state index contributed by atoms with van der Waals surface area (Å²) in [5.74, 6) is 0. The molecule has 0 aromatic heterocycles. The van der Waals surface area contributed by atoms with Crippen molar-refractivity contribution in [3.05, 3.63) is 11.1 Å². The summed E-state index contributed by atoms with van der Waals surface area (Å²) < 4.78 is 46.1. The molecule has 60 valence electrons. The number of hydrogen-bond acceptors (Lipinski definition) is 0. The second kappa shape index (κ2) is 3.81. The van der Waals surface area contributed by atoms with Gasteiger partial charge in [-0.25, -0.2) is 0 Å². The van der Waals surface area contributed by atoms with Crippen molar-refractivity contribution in [3.8, 4) is 0 Å². The van der Waals surface area contributed by atoms with Gasteiger partial charge in [0.25, 0.3) is 0 Å². The van der Waals surface area contributed by atoms with Gasteiger partial charge in [-0.1, -0.05) is 11.6 Å². The quantitative estimate of drug-likeness (QED) is 0.568. The molecule has 0 heterocycles. The summed E-state index contributed by atoms with van der Waals surface area (Å²) in [6.07, 6.45) is -5.17. The Labute approximate surface area is 60.5 Å². The van der Waals surface area contributed by atoms with E-state index >= 15 is 0 Å². The summed E-state index contributed by atoms with van der Waals surface area (Å²) in [7, 11) is 0. The van der Waals surface area contributed by atoms with Crippen molar-refractivity contribution in [2.75, 3.05) is 6.67 Å². The molecule has 0 amide bonds. The van der Waals surface area contributed by atoms with Crippen LogP contribution in [0, 0.1) is 0 Å². The Bertz CT molecular complexity index is 126. The van der Waals surface area contributed by atoms with E-state index < -0.39 is 24.8 Å². The molecule has 10 heavy (non-hydrogen) atoms. The average Bonchev–Trinajstić information content (AvgIpc) is 1.80. The van der Waals surface area contributed by atoms with E-state index in [-0.39, 0.29) is 0 Å². The first-order valence-electron chi connectivity index (χ1n) is 2.44. The van der Waals surface area contributed by atoms with Crippen molar-refractivity contribution in [2.24, 2.45) is 0 Å². The summed E-state index contributed by atoms with van der Waals surface area (Å²) in [6.45, 7) is -1.04. The van der Waals surface area contributed by atoms with Crippen LogP contribution in [0.5, 0.6) is 0 Å². The lowest BCUT2D eigenvalue weighted by Gasteiger charge is -2.07. The average molecular weight is 177 g/mol. The van der Waals surface area contributed by atoms with Crippen LogP contribution < -0.4 is 0 Å². The Kier molecular flexibility index (Phi) is 3.71. The fourth-order valence-electron chi connectivity index (χ4n) is 0.360. The molecule has 0 spiro atoms. The zero-order valence-electron chi connectivity index (χ0n) is 4.88. The van der Waals surface area contributed by atoms with Crippen molar-refractivity contribution in [2.45, 2.75) is 12.6 Å². The van der Waals surface area contributed by atoms with E-state index in [2.05, 4.69) is 0 Å². The van der Waals surface area contributed by atoms with Gasteiger partial charge in [-0.15, -0.1) is 0 Å². The summed E-state index contributed by atoms with van der Waals surface area (Å²) in [6, 6.07) is 0. The molecule has 0 saturated carbocycles. The van der Waals surface area contributed by atoms with Crippen LogP contribution in [0.3, 0.4) is 0 Å². The molecule has 5 heteroatoms. The van der Waals surface area contributed by atoms with Crippen LogP contribution in [0.15, 0.2) is 11.1 Å². The molecular weight excluding hydrogens is 171 g/mol. The third kappa shape index (κ3) is 3.06. The van der Waals surface area contributed by atoms with Gasteiger partial charge in [0.15, 0.2) is 0 Å². The molecule has 0 bridgehead atoms. The van der Waals surface area contributed by atoms with Gasteiger partial charge in [-0.2, -0.15) is 13.2 Å². The molecule has 0 aliphatic carbocycles.